The first-order valence-corrected chi connectivity index (χ1v) is 18.9. The lowest BCUT2D eigenvalue weighted by Gasteiger charge is -2.28. The predicted molar refractivity (Wildman–Crippen MR) is 165 cm³/mol. The number of carbonyl (C=O) groups excluding carboxylic acids is 2. The van der Waals surface area contributed by atoms with Crippen molar-refractivity contribution < 1.29 is 55.9 Å². The van der Waals surface area contributed by atoms with Gasteiger partial charge in [0.05, 0.1) is 22.3 Å². The number of hydrogen-bond donors (Lipinski definition) is 4. The van der Waals surface area contributed by atoms with Crippen LogP contribution in [0, 0.1) is 0 Å². The molecule has 0 radical (unpaired) electrons. The zero-order valence-electron chi connectivity index (χ0n) is 26.6. The van der Waals surface area contributed by atoms with E-state index in [-0.39, 0.29) is 24.2 Å². The monoisotopic (exact) mass is 660 g/mol. The molecule has 16 heteroatoms. The summed E-state index contributed by atoms with van der Waals surface area (Å²) >= 11 is 0. The molecule has 0 aliphatic carbocycles. The minimum Gasteiger partial charge on any atom is -0.478 e. The van der Waals surface area contributed by atoms with Gasteiger partial charge in [-0.1, -0.05) is 0 Å². The molecule has 0 bridgehead atoms. The summed E-state index contributed by atoms with van der Waals surface area (Å²) in [6.07, 6.45) is 0.819. The number of nitrogens with one attached hydrogen (secondary N) is 2. The highest BCUT2D eigenvalue weighted by atomic mass is 28.4. The fraction of sp³-hybridized carbons (Fsp3) is 0.643. The lowest BCUT2D eigenvalue weighted by molar-refractivity contribution is 0.0674. The van der Waals surface area contributed by atoms with Crippen molar-refractivity contribution in [1.29, 1.82) is 0 Å². The average Bonchev–Trinajstić information content (AvgIpc) is 2.97. The molecule has 44 heavy (non-hydrogen) atoms. The largest absolute Gasteiger partial charge is 0.500 e. The van der Waals surface area contributed by atoms with Crippen LogP contribution in [0.15, 0.2) is 12.1 Å². The number of carbonyl (C=O) groups is 4. The number of carboxylic acids is 2. The average molecular weight is 661 g/mol. The van der Waals surface area contributed by atoms with Crippen LogP contribution in [0.2, 0.25) is 12.1 Å². The quantitative estimate of drug-likeness (QED) is 0.0936. The van der Waals surface area contributed by atoms with Crippen molar-refractivity contribution in [2.45, 2.75) is 66.5 Å². The van der Waals surface area contributed by atoms with Crippen molar-refractivity contribution in [2.24, 2.45) is 0 Å². The Morgan fingerprint density at radius 2 is 0.818 bits per heavy atom. The number of carboxylic acid groups (broad SMARTS) is 2. The molecule has 1 rings (SSSR count). The Morgan fingerprint density at radius 1 is 0.545 bits per heavy atom. The zero-order chi connectivity index (χ0) is 33.2. The molecular formula is C28H48N2O12Si2. The Morgan fingerprint density at radius 3 is 1.05 bits per heavy atom. The van der Waals surface area contributed by atoms with E-state index in [0.29, 0.717) is 64.6 Å². The molecule has 2 amide bonds. The van der Waals surface area contributed by atoms with E-state index in [1.165, 1.54) is 0 Å². The van der Waals surface area contributed by atoms with Gasteiger partial charge in [0.2, 0.25) is 0 Å². The molecule has 0 unspecified atom stereocenters. The minimum atomic E-state index is -2.94. The standard InChI is InChI=1S/C28H48N2O12Si2/c1-7-37-43(38-8-2,39-9-3)17-13-15-29-25(31)21-19-24(28(35)36)22(20-23(21)27(33)34)26(32)30-16-14-18-44(40-10-4,41-11-5)42-12-6/h19-20H,7-18H2,1-6H3,(H,29,31)(H,30,32)(H,33,34)(H,35,36). The maximum absolute atomic E-state index is 13.0. The fourth-order valence-electron chi connectivity index (χ4n) is 4.54. The number of amides is 2. The number of aromatic carboxylic acids is 2. The summed E-state index contributed by atoms with van der Waals surface area (Å²) < 4.78 is 34.8. The van der Waals surface area contributed by atoms with Crippen LogP contribution in [0.3, 0.4) is 0 Å². The highest BCUT2D eigenvalue weighted by Crippen LogP contribution is 2.21. The topological polar surface area (TPSA) is 188 Å². The van der Waals surface area contributed by atoms with Crippen LogP contribution >= 0.6 is 0 Å². The van der Waals surface area contributed by atoms with E-state index in [1.807, 2.05) is 41.5 Å². The summed E-state index contributed by atoms with van der Waals surface area (Å²) in [5.74, 6) is -4.56. The third kappa shape index (κ3) is 12.0. The van der Waals surface area contributed by atoms with Crippen LogP contribution in [0.25, 0.3) is 0 Å². The molecule has 0 atom stereocenters. The van der Waals surface area contributed by atoms with Gasteiger partial charge in [-0.25, -0.2) is 9.59 Å². The van der Waals surface area contributed by atoms with E-state index in [1.54, 1.807) is 0 Å². The van der Waals surface area contributed by atoms with Crippen molar-refractivity contribution >= 4 is 41.4 Å². The van der Waals surface area contributed by atoms with Gasteiger partial charge in [0.1, 0.15) is 0 Å². The Bertz CT molecular complexity index is 971. The van der Waals surface area contributed by atoms with Gasteiger partial charge in [-0.15, -0.1) is 0 Å². The molecule has 0 saturated heterocycles. The summed E-state index contributed by atoms with van der Waals surface area (Å²) in [5.41, 5.74) is -1.77. The van der Waals surface area contributed by atoms with Crippen LogP contribution < -0.4 is 10.6 Å². The van der Waals surface area contributed by atoms with Gasteiger partial charge in [0.25, 0.3) is 11.8 Å². The van der Waals surface area contributed by atoms with Gasteiger partial charge < -0.3 is 47.4 Å². The van der Waals surface area contributed by atoms with Crippen molar-refractivity contribution in [3.63, 3.8) is 0 Å². The van der Waals surface area contributed by atoms with E-state index in [0.717, 1.165) is 12.1 Å². The lowest BCUT2D eigenvalue weighted by Crippen LogP contribution is -2.46. The third-order valence-corrected chi connectivity index (χ3v) is 12.5. The second kappa shape index (κ2) is 20.3. The van der Waals surface area contributed by atoms with Gasteiger partial charge in [-0.05, 0) is 66.5 Å². The summed E-state index contributed by atoms with van der Waals surface area (Å²) in [4.78, 5) is 50.2. The van der Waals surface area contributed by atoms with Gasteiger partial charge in [0, 0.05) is 64.8 Å². The zero-order valence-corrected chi connectivity index (χ0v) is 28.6. The van der Waals surface area contributed by atoms with Gasteiger partial charge in [-0.2, -0.15) is 0 Å². The van der Waals surface area contributed by atoms with E-state index in [4.69, 9.17) is 26.6 Å². The third-order valence-electron chi connectivity index (χ3n) is 6.18. The Balaban J connectivity index is 3.06. The minimum absolute atomic E-state index is 0.126. The molecule has 0 aliphatic heterocycles. The van der Waals surface area contributed by atoms with Crippen LogP contribution in [-0.2, 0) is 26.6 Å². The smallest absolute Gasteiger partial charge is 0.478 e. The summed E-state index contributed by atoms with van der Waals surface area (Å²) in [7, 11) is -5.89. The number of rotatable bonds is 24. The molecule has 1 aromatic carbocycles. The first kappa shape index (κ1) is 39.3. The van der Waals surface area contributed by atoms with E-state index >= 15 is 0 Å². The molecule has 14 nitrogen and oxygen atoms in total. The number of benzene rings is 1. The molecule has 250 valence electrons. The van der Waals surface area contributed by atoms with Crippen LogP contribution in [0.1, 0.15) is 95.8 Å². The Hall–Kier alpha value is -2.71. The second-order valence-electron chi connectivity index (χ2n) is 9.24. The van der Waals surface area contributed by atoms with Crippen LogP contribution in [-0.4, -0.2) is 104 Å². The molecular weight excluding hydrogens is 612 g/mol. The molecule has 0 fully saturated rings. The molecule has 0 heterocycles. The number of hydrogen-bond acceptors (Lipinski definition) is 10. The van der Waals surface area contributed by atoms with Gasteiger partial charge >= 0.3 is 29.5 Å². The van der Waals surface area contributed by atoms with E-state index in [2.05, 4.69) is 10.6 Å². The van der Waals surface area contributed by atoms with E-state index < -0.39 is 52.5 Å². The molecule has 1 aromatic rings. The Labute approximate surface area is 261 Å². The van der Waals surface area contributed by atoms with Gasteiger partial charge in [0.15, 0.2) is 0 Å². The first-order valence-electron chi connectivity index (χ1n) is 15.0. The van der Waals surface area contributed by atoms with Crippen molar-refractivity contribution in [3.05, 3.63) is 34.4 Å². The highest BCUT2D eigenvalue weighted by Gasteiger charge is 2.40. The summed E-state index contributed by atoms with van der Waals surface area (Å²) in [6.45, 7) is 13.6. The van der Waals surface area contributed by atoms with Crippen LogP contribution in [0.4, 0.5) is 0 Å². The van der Waals surface area contributed by atoms with E-state index in [9.17, 15) is 29.4 Å². The fourth-order valence-corrected chi connectivity index (χ4v) is 9.76. The molecule has 0 spiro atoms. The second-order valence-corrected chi connectivity index (χ2v) is 14.7. The first-order chi connectivity index (χ1) is 21.0. The maximum Gasteiger partial charge on any atom is 0.500 e. The summed E-state index contributed by atoms with van der Waals surface area (Å²) in [5, 5.41) is 24.9. The SMILES string of the molecule is CCO[Si](CCCNC(=O)c1cc(C(=O)O)c(C(=O)NCCC[Si](OCC)(OCC)OCC)cc1C(=O)O)(OCC)OCC. The predicted octanol–water partition coefficient (Wildman–Crippen LogP) is 3.42. The molecule has 0 aromatic heterocycles. The van der Waals surface area contributed by atoms with Gasteiger partial charge in [-0.3, -0.25) is 9.59 Å². The molecule has 0 aliphatic rings. The maximum atomic E-state index is 13.0. The normalized spacial score (nSPS) is 11.8. The molecule has 4 N–H and O–H groups in total. The van der Waals surface area contributed by atoms with Crippen molar-refractivity contribution in [1.82, 2.24) is 10.6 Å². The lowest BCUT2D eigenvalue weighted by atomic mass is 9.97. The summed E-state index contributed by atoms with van der Waals surface area (Å²) in [6, 6.07) is 2.65. The highest BCUT2D eigenvalue weighted by molar-refractivity contribution is 6.61. The Kier molecular flexibility index (Phi) is 18.2. The van der Waals surface area contributed by atoms with Crippen LogP contribution in [0.5, 0.6) is 0 Å². The molecule has 0 saturated carbocycles. The van der Waals surface area contributed by atoms with Crippen molar-refractivity contribution in [2.75, 3.05) is 52.7 Å². The van der Waals surface area contributed by atoms with Crippen molar-refractivity contribution in [3.8, 4) is 0 Å².